The van der Waals surface area contributed by atoms with Gasteiger partial charge in [-0.3, -0.25) is 0 Å². The van der Waals surface area contributed by atoms with Crippen LogP contribution in [0.15, 0.2) is 60.8 Å². The van der Waals surface area contributed by atoms with Crippen molar-refractivity contribution in [2.24, 2.45) is 5.92 Å². The lowest BCUT2D eigenvalue weighted by Crippen LogP contribution is -2.43. The first-order valence-electron chi connectivity index (χ1n) is 10.8. The van der Waals surface area contributed by atoms with Crippen molar-refractivity contribution in [1.29, 1.82) is 0 Å². The van der Waals surface area contributed by atoms with Crippen molar-refractivity contribution in [2.75, 3.05) is 5.32 Å². The van der Waals surface area contributed by atoms with E-state index in [1.54, 1.807) is 0 Å². The van der Waals surface area contributed by atoms with E-state index in [4.69, 9.17) is 11.6 Å². The molecule has 0 aliphatic rings. The molecule has 5 heteroatoms. The molecule has 0 fully saturated rings. The zero-order valence-corrected chi connectivity index (χ0v) is 19.8. The monoisotopic (exact) mass is 437 g/mol. The molecule has 0 bridgehead atoms. The average molecular weight is 438 g/mol. The fraction of sp³-hybridized carbons (Fsp3) is 0.346. The first-order valence-corrected chi connectivity index (χ1v) is 11.2. The number of benzene rings is 2. The molecule has 1 N–H and O–H groups in total. The van der Waals surface area contributed by atoms with E-state index in [0.29, 0.717) is 19.0 Å². The van der Waals surface area contributed by atoms with Crippen molar-refractivity contribution in [3.05, 3.63) is 88.2 Å². The predicted octanol–water partition coefficient (Wildman–Crippen LogP) is 6.89. The molecule has 164 valence electrons. The number of hydrogen-bond donors (Lipinski definition) is 1. The van der Waals surface area contributed by atoms with Crippen LogP contribution in [0, 0.1) is 19.8 Å². The summed E-state index contributed by atoms with van der Waals surface area (Å²) in [5, 5.41) is 3.83. The van der Waals surface area contributed by atoms with Gasteiger partial charge in [0.25, 0.3) is 0 Å². The number of aromatic nitrogens is 1. The third-order valence-electron chi connectivity index (χ3n) is 5.97. The molecule has 1 atom stereocenters. The Morgan fingerprint density at radius 2 is 1.81 bits per heavy atom. The zero-order chi connectivity index (χ0) is 22.5. The Bertz CT molecular complexity index is 1040. The van der Waals surface area contributed by atoms with Crippen LogP contribution in [-0.4, -0.2) is 21.5 Å². The fourth-order valence-corrected chi connectivity index (χ4v) is 3.74. The number of urea groups is 1. The predicted molar refractivity (Wildman–Crippen MR) is 130 cm³/mol. The molecule has 1 aromatic heterocycles. The van der Waals surface area contributed by atoms with Crippen LogP contribution in [0.4, 0.5) is 10.5 Å². The van der Waals surface area contributed by atoms with Gasteiger partial charge in [0.1, 0.15) is 0 Å². The van der Waals surface area contributed by atoms with E-state index in [0.717, 1.165) is 27.5 Å². The Morgan fingerprint density at radius 1 is 1.03 bits per heavy atom. The van der Waals surface area contributed by atoms with Crippen molar-refractivity contribution < 1.29 is 4.79 Å². The zero-order valence-electron chi connectivity index (χ0n) is 19.0. The largest absolute Gasteiger partial charge is 0.345 e. The van der Waals surface area contributed by atoms with Crippen molar-refractivity contribution >= 4 is 23.3 Å². The second kappa shape index (κ2) is 10.1. The smallest absolute Gasteiger partial charge is 0.322 e. The number of halogens is 1. The average Bonchev–Trinajstić information content (AvgIpc) is 3.15. The maximum absolute atomic E-state index is 13.3. The van der Waals surface area contributed by atoms with E-state index >= 15 is 0 Å². The molecular weight excluding hydrogens is 406 g/mol. The van der Waals surface area contributed by atoms with E-state index in [-0.39, 0.29) is 12.1 Å². The van der Waals surface area contributed by atoms with Crippen LogP contribution in [0.25, 0.3) is 0 Å². The molecule has 0 radical (unpaired) electrons. The van der Waals surface area contributed by atoms with Crippen LogP contribution in [0.2, 0.25) is 5.02 Å². The Labute approximate surface area is 190 Å². The van der Waals surface area contributed by atoms with Crippen LogP contribution >= 0.6 is 11.6 Å². The quantitative estimate of drug-likeness (QED) is 0.429. The van der Waals surface area contributed by atoms with E-state index < -0.39 is 0 Å². The molecule has 31 heavy (non-hydrogen) atoms. The topological polar surface area (TPSA) is 37.3 Å². The van der Waals surface area contributed by atoms with Gasteiger partial charge in [0.15, 0.2) is 0 Å². The highest BCUT2D eigenvalue weighted by Crippen LogP contribution is 2.20. The summed E-state index contributed by atoms with van der Waals surface area (Å²) in [7, 11) is 0. The Kier molecular flexibility index (Phi) is 7.45. The normalized spacial score (nSPS) is 12.1. The molecule has 0 spiro atoms. The summed E-state index contributed by atoms with van der Waals surface area (Å²) in [6.45, 7) is 11.8. The third kappa shape index (κ3) is 5.92. The number of nitrogens with zero attached hydrogens (tertiary/aromatic N) is 2. The molecule has 3 aromatic rings. The maximum atomic E-state index is 13.3. The number of carbonyl (C=O) groups is 1. The van der Waals surface area contributed by atoms with Crippen LogP contribution in [0.3, 0.4) is 0 Å². The van der Waals surface area contributed by atoms with Gasteiger partial charge < -0.3 is 14.8 Å². The van der Waals surface area contributed by atoms with Gasteiger partial charge >= 0.3 is 6.03 Å². The van der Waals surface area contributed by atoms with Crippen molar-refractivity contribution in [3.63, 3.8) is 0 Å². The van der Waals surface area contributed by atoms with Crippen molar-refractivity contribution in [1.82, 2.24) is 9.47 Å². The standard InChI is InChI=1S/C26H32ClN3O/c1-18(2)21(5)30(26(31)28-24-12-11-19(3)20(4)14-24)17-25-10-7-13-29(25)16-22-8-6-9-23(27)15-22/h6-15,18,21H,16-17H2,1-5H3,(H,28,31). The van der Waals surface area contributed by atoms with Crippen LogP contribution in [-0.2, 0) is 13.1 Å². The van der Waals surface area contributed by atoms with Gasteiger partial charge in [0.05, 0.1) is 6.54 Å². The summed E-state index contributed by atoms with van der Waals surface area (Å²) in [4.78, 5) is 15.2. The van der Waals surface area contributed by atoms with Crippen LogP contribution in [0.5, 0.6) is 0 Å². The highest BCUT2D eigenvalue weighted by atomic mass is 35.5. The second-order valence-electron chi connectivity index (χ2n) is 8.60. The van der Waals surface area contributed by atoms with Gasteiger partial charge in [-0.25, -0.2) is 4.79 Å². The molecule has 2 amide bonds. The first-order chi connectivity index (χ1) is 14.7. The maximum Gasteiger partial charge on any atom is 0.322 e. The van der Waals surface area contributed by atoms with Gasteiger partial charge in [0.2, 0.25) is 0 Å². The molecule has 1 heterocycles. The molecule has 2 aromatic carbocycles. The summed E-state index contributed by atoms with van der Waals surface area (Å²) in [5.41, 5.74) is 5.42. The number of nitrogens with one attached hydrogen (secondary N) is 1. The van der Waals surface area contributed by atoms with Gasteiger partial charge in [-0.2, -0.15) is 0 Å². The number of hydrogen-bond acceptors (Lipinski definition) is 1. The third-order valence-corrected chi connectivity index (χ3v) is 6.21. The fourth-order valence-electron chi connectivity index (χ4n) is 3.53. The van der Waals surface area contributed by atoms with E-state index in [9.17, 15) is 4.79 Å². The number of carbonyl (C=O) groups excluding carboxylic acids is 1. The minimum Gasteiger partial charge on any atom is -0.345 e. The molecule has 1 unspecified atom stereocenters. The molecule has 0 aliphatic heterocycles. The van der Waals surface area contributed by atoms with Gasteiger partial charge in [-0.15, -0.1) is 0 Å². The van der Waals surface area contributed by atoms with Gasteiger partial charge in [0, 0.05) is 35.2 Å². The summed E-state index contributed by atoms with van der Waals surface area (Å²) >= 11 is 6.15. The van der Waals surface area contributed by atoms with Crippen molar-refractivity contribution in [2.45, 2.75) is 53.8 Å². The summed E-state index contributed by atoms with van der Waals surface area (Å²) < 4.78 is 2.18. The van der Waals surface area contributed by atoms with Gasteiger partial charge in [-0.05, 0) is 79.8 Å². The van der Waals surface area contributed by atoms with Gasteiger partial charge in [-0.1, -0.05) is 43.6 Å². The summed E-state index contributed by atoms with van der Waals surface area (Å²) in [5.74, 6) is 0.335. The number of anilines is 1. The summed E-state index contributed by atoms with van der Waals surface area (Å²) in [6, 6.07) is 18.0. The van der Waals surface area contributed by atoms with Crippen LogP contribution < -0.4 is 5.32 Å². The van der Waals surface area contributed by atoms with Crippen molar-refractivity contribution in [3.8, 4) is 0 Å². The Morgan fingerprint density at radius 3 is 2.48 bits per heavy atom. The summed E-state index contributed by atoms with van der Waals surface area (Å²) in [6.07, 6.45) is 2.05. The minimum atomic E-state index is -0.0834. The van der Waals surface area contributed by atoms with E-state index in [2.05, 4.69) is 62.8 Å². The van der Waals surface area contributed by atoms with E-state index in [1.165, 1.54) is 5.56 Å². The Balaban J connectivity index is 1.81. The lowest BCUT2D eigenvalue weighted by atomic mass is 10.0. The number of aryl methyl sites for hydroxylation is 2. The molecule has 0 saturated carbocycles. The highest BCUT2D eigenvalue weighted by molar-refractivity contribution is 6.30. The molecule has 0 saturated heterocycles. The Hall–Kier alpha value is -2.72. The SMILES string of the molecule is Cc1ccc(NC(=O)N(Cc2cccn2Cc2cccc(Cl)c2)C(C)C(C)C)cc1C. The minimum absolute atomic E-state index is 0.0834. The second-order valence-corrected chi connectivity index (χ2v) is 9.04. The molecule has 0 aliphatic carbocycles. The van der Waals surface area contributed by atoms with Crippen LogP contribution in [0.1, 0.15) is 43.2 Å². The number of amides is 2. The number of rotatable bonds is 7. The lowest BCUT2D eigenvalue weighted by molar-refractivity contribution is 0.168. The van der Waals surface area contributed by atoms with E-state index in [1.807, 2.05) is 47.4 Å². The molecule has 3 rings (SSSR count). The molecule has 4 nitrogen and oxygen atoms in total. The first kappa shape index (κ1) is 23.0. The highest BCUT2D eigenvalue weighted by Gasteiger charge is 2.24. The lowest BCUT2D eigenvalue weighted by Gasteiger charge is -2.32. The molecular formula is C26H32ClN3O.